The molecule has 1 aliphatic rings. The van der Waals surface area contributed by atoms with E-state index in [0.29, 0.717) is 17.5 Å². The van der Waals surface area contributed by atoms with Crippen LogP contribution in [0.1, 0.15) is 37.9 Å². The molecule has 2 aromatic rings. The van der Waals surface area contributed by atoms with Crippen molar-refractivity contribution >= 4 is 5.69 Å². The molecule has 0 amide bonds. The molecule has 0 bridgehead atoms. The Hall–Kier alpha value is -1.91. The highest BCUT2D eigenvalue weighted by atomic mass is 16.5. The molecule has 1 fully saturated rings. The summed E-state index contributed by atoms with van der Waals surface area (Å²) in [5, 5.41) is 4.09. The van der Waals surface area contributed by atoms with Crippen LogP contribution in [0.4, 0.5) is 5.69 Å². The number of nitrogen functional groups attached to an aromatic ring is 1. The van der Waals surface area contributed by atoms with Gasteiger partial charge >= 0.3 is 0 Å². The van der Waals surface area contributed by atoms with Crippen molar-refractivity contribution in [2.24, 2.45) is 5.92 Å². The van der Waals surface area contributed by atoms with Gasteiger partial charge in [0.15, 0.2) is 5.82 Å². The van der Waals surface area contributed by atoms with Crippen LogP contribution in [0.5, 0.6) is 0 Å². The molecule has 2 unspecified atom stereocenters. The SMILES string of the molecule is CC1CCC(c2noc(-c3ccncc3N)n2)C1. The number of pyridine rings is 1. The van der Waals surface area contributed by atoms with Crippen LogP contribution in [0.2, 0.25) is 0 Å². The smallest absolute Gasteiger partial charge is 0.260 e. The zero-order chi connectivity index (χ0) is 12.5. The molecule has 2 heterocycles. The molecule has 0 radical (unpaired) electrons. The van der Waals surface area contributed by atoms with Crippen LogP contribution in [-0.2, 0) is 0 Å². The molecule has 1 aliphatic carbocycles. The van der Waals surface area contributed by atoms with Crippen molar-refractivity contribution in [1.82, 2.24) is 15.1 Å². The fraction of sp³-hybridized carbons (Fsp3) is 0.462. The third kappa shape index (κ3) is 1.96. The molecule has 0 spiro atoms. The number of hydrogen-bond acceptors (Lipinski definition) is 5. The molecule has 2 aromatic heterocycles. The fourth-order valence-electron chi connectivity index (χ4n) is 2.55. The van der Waals surface area contributed by atoms with Gasteiger partial charge in [0.2, 0.25) is 0 Å². The molecule has 2 N–H and O–H groups in total. The van der Waals surface area contributed by atoms with E-state index in [4.69, 9.17) is 10.3 Å². The van der Waals surface area contributed by atoms with Crippen LogP contribution in [0, 0.1) is 5.92 Å². The van der Waals surface area contributed by atoms with Gasteiger partial charge in [-0.2, -0.15) is 4.98 Å². The van der Waals surface area contributed by atoms with Crippen molar-refractivity contribution in [1.29, 1.82) is 0 Å². The van der Waals surface area contributed by atoms with Crippen LogP contribution in [0.25, 0.3) is 11.5 Å². The molecule has 0 aromatic carbocycles. The van der Waals surface area contributed by atoms with Crippen molar-refractivity contribution in [3.05, 3.63) is 24.3 Å². The molecule has 5 heteroatoms. The van der Waals surface area contributed by atoms with Gasteiger partial charge in [0.25, 0.3) is 5.89 Å². The number of aromatic nitrogens is 3. The van der Waals surface area contributed by atoms with Gasteiger partial charge in [-0.3, -0.25) is 4.98 Å². The lowest BCUT2D eigenvalue weighted by Gasteiger charge is -2.01. The third-order valence-electron chi connectivity index (χ3n) is 3.58. The minimum absolute atomic E-state index is 0.431. The van der Waals surface area contributed by atoms with E-state index in [0.717, 1.165) is 30.1 Å². The molecule has 0 aliphatic heterocycles. The van der Waals surface area contributed by atoms with E-state index in [1.54, 1.807) is 18.5 Å². The van der Waals surface area contributed by atoms with Crippen LogP contribution in [-0.4, -0.2) is 15.1 Å². The maximum Gasteiger partial charge on any atom is 0.260 e. The first kappa shape index (κ1) is 11.2. The summed E-state index contributed by atoms with van der Waals surface area (Å²) < 4.78 is 5.31. The third-order valence-corrected chi connectivity index (χ3v) is 3.58. The van der Waals surface area contributed by atoms with E-state index in [1.807, 2.05) is 0 Å². The van der Waals surface area contributed by atoms with Gasteiger partial charge in [-0.05, 0) is 31.2 Å². The Kier molecular flexibility index (Phi) is 2.74. The molecule has 2 atom stereocenters. The van der Waals surface area contributed by atoms with Crippen molar-refractivity contribution in [2.45, 2.75) is 32.1 Å². The van der Waals surface area contributed by atoms with Gasteiger partial charge < -0.3 is 10.3 Å². The fourth-order valence-corrected chi connectivity index (χ4v) is 2.55. The van der Waals surface area contributed by atoms with Crippen molar-refractivity contribution < 1.29 is 4.52 Å². The zero-order valence-electron chi connectivity index (χ0n) is 10.3. The van der Waals surface area contributed by atoms with E-state index in [-0.39, 0.29) is 0 Å². The molecule has 3 rings (SSSR count). The lowest BCUT2D eigenvalue weighted by molar-refractivity contribution is 0.415. The molecular formula is C13H16N4O. The summed E-state index contributed by atoms with van der Waals surface area (Å²) in [6, 6.07) is 1.80. The first-order valence-corrected chi connectivity index (χ1v) is 6.27. The molecule has 18 heavy (non-hydrogen) atoms. The number of hydrogen-bond donors (Lipinski definition) is 1. The average Bonchev–Trinajstić information content (AvgIpc) is 2.98. The highest BCUT2D eigenvalue weighted by Crippen LogP contribution is 2.37. The maximum absolute atomic E-state index is 5.85. The summed E-state index contributed by atoms with van der Waals surface area (Å²) in [6.07, 6.45) is 6.80. The average molecular weight is 244 g/mol. The quantitative estimate of drug-likeness (QED) is 0.878. The second-order valence-corrected chi connectivity index (χ2v) is 5.04. The first-order chi connectivity index (χ1) is 8.74. The second kappa shape index (κ2) is 4.40. The predicted molar refractivity (Wildman–Crippen MR) is 67.7 cm³/mol. The van der Waals surface area contributed by atoms with Crippen LogP contribution in [0.15, 0.2) is 23.0 Å². The Bertz CT molecular complexity index is 551. The lowest BCUT2D eigenvalue weighted by atomic mass is 10.1. The van der Waals surface area contributed by atoms with Crippen molar-refractivity contribution in [2.75, 3.05) is 5.73 Å². The van der Waals surface area contributed by atoms with Crippen LogP contribution >= 0.6 is 0 Å². The Morgan fingerprint density at radius 3 is 3.00 bits per heavy atom. The highest BCUT2D eigenvalue weighted by molar-refractivity contribution is 5.68. The van der Waals surface area contributed by atoms with Gasteiger partial charge in [-0.1, -0.05) is 12.1 Å². The minimum atomic E-state index is 0.431. The normalized spacial score (nSPS) is 23.4. The standard InChI is InChI=1S/C13H16N4O/c1-8-2-3-9(6-8)12-16-13(18-17-12)10-4-5-15-7-11(10)14/h4-5,7-9H,2-3,6,14H2,1H3. The molecule has 1 saturated carbocycles. The van der Waals surface area contributed by atoms with E-state index >= 15 is 0 Å². The topological polar surface area (TPSA) is 77.8 Å². The monoisotopic (exact) mass is 244 g/mol. The number of nitrogens with zero attached hydrogens (tertiary/aromatic N) is 3. The Labute approximate surface area is 105 Å². The van der Waals surface area contributed by atoms with Gasteiger partial charge in [-0.25, -0.2) is 0 Å². The van der Waals surface area contributed by atoms with Gasteiger partial charge in [0, 0.05) is 12.1 Å². The van der Waals surface area contributed by atoms with Crippen LogP contribution < -0.4 is 5.73 Å². The number of anilines is 1. The van der Waals surface area contributed by atoms with Gasteiger partial charge in [0.05, 0.1) is 17.4 Å². The molecule has 5 nitrogen and oxygen atoms in total. The Balaban J connectivity index is 1.88. The summed E-state index contributed by atoms with van der Waals surface area (Å²) in [5.41, 5.74) is 7.17. The van der Waals surface area contributed by atoms with E-state index in [9.17, 15) is 0 Å². The largest absolute Gasteiger partial charge is 0.397 e. The predicted octanol–water partition coefficient (Wildman–Crippen LogP) is 2.62. The van der Waals surface area contributed by atoms with E-state index in [1.165, 1.54) is 6.42 Å². The summed E-state index contributed by atoms with van der Waals surface area (Å²) in [4.78, 5) is 8.42. The van der Waals surface area contributed by atoms with E-state index < -0.39 is 0 Å². The first-order valence-electron chi connectivity index (χ1n) is 6.27. The number of nitrogens with two attached hydrogens (primary N) is 1. The molecular weight excluding hydrogens is 228 g/mol. The van der Waals surface area contributed by atoms with Crippen molar-refractivity contribution in [3.8, 4) is 11.5 Å². The lowest BCUT2D eigenvalue weighted by Crippen LogP contribution is -1.96. The highest BCUT2D eigenvalue weighted by Gasteiger charge is 2.27. The van der Waals surface area contributed by atoms with E-state index in [2.05, 4.69) is 22.0 Å². The molecule has 94 valence electrons. The van der Waals surface area contributed by atoms with Crippen LogP contribution in [0.3, 0.4) is 0 Å². The Morgan fingerprint density at radius 2 is 2.28 bits per heavy atom. The van der Waals surface area contributed by atoms with Crippen molar-refractivity contribution in [3.63, 3.8) is 0 Å². The molecule has 0 saturated heterocycles. The summed E-state index contributed by atoms with van der Waals surface area (Å²) in [7, 11) is 0. The summed E-state index contributed by atoms with van der Waals surface area (Å²) >= 11 is 0. The summed E-state index contributed by atoms with van der Waals surface area (Å²) in [6.45, 7) is 2.27. The second-order valence-electron chi connectivity index (χ2n) is 5.04. The summed E-state index contributed by atoms with van der Waals surface area (Å²) in [5.74, 6) is 2.48. The van der Waals surface area contributed by atoms with Gasteiger partial charge in [0.1, 0.15) is 0 Å². The maximum atomic E-state index is 5.85. The Morgan fingerprint density at radius 1 is 1.39 bits per heavy atom. The zero-order valence-corrected chi connectivity index (χ0v) is 10.3. The minimum Gasteiger partial charge on any atom is -0.397 e. The number of rotatable bonds is 2. The van der Waals surface area contributed by atoms with Gasteiger partial charge in [-0.15, -0.1) is 0 Å².